The fraction of sp³-hybridized carbons (Fsp3) is 0.538. The van der Waals surface area contributed by atoms with E-state index in [0.717, 1.165) is 61.3 Å². The molecule has 178 valence electrons. The lowest BCUT2D eigenvalue weighted by molar-refractivity contribution is 0.0943. The SMILES string of the molecule is COc1ccc(OC)c(-c2ccc(C(=O)NCC3CCCCC3)c(N3CCN(C)CC3)n2)c1. The highest BCUT2D eigenvalue weighted by molar-refractivity contribution is 5.99. The van der Waals surface area contributed by atoms with Gasteiger partial charge in [-0.05, 0) is 56.1 Å². The minimum Gasteiger partial charge on any atom is -0.497 e. The number of likely N-dealkylation sites (N-methyl/N-ethyl adjacent to an activating group) is 1. The Morgan fingerprint density at radius 3 is 2.48 bits per heavy atom. The number of rotatable bonds is 7. The van der Waals surface area contributed by atoms with Crippen LogP contribution < -0.4 is 19.7 Å². The van der Waals surface area contributed by atoms with Gasteiger partial charge in [-0.1, -0.05) is 19.3 Å². The second-order valence-electron chi connectivity index (χ2n) is 9.14. The Morgan fingerprint density at radius 1 is 1.03 bits per heavy atom. The summed E-state index contributed by atoms with van der Waals surface area (Å²) in [5.41, 5.74) is 2.26. The molecular formula is C26H36N4O3. The number of ether oxygens (including phenoxy) is 2. The molecule has 7 heteroatoms. The summed E-state index contributed by atoms with van der Waals surface area (Å²) in [6, 6.07) is 9.50. The molecule has 2 aromatic rings. The Hall–Kier alpha value is -2.80. The first-order chi connectivity index (χ1) is 16.1. The monoisotopic (exact) mass is 452 g/mol. The first kappa shape index (κ1) is 23.4. The lowest BCUT2D eigenvalue weighted by Gasteiger charge is -2.34. The molecule has 33 heavy (non-hydrogen) atoms. The Morgan fingerprint density at radius 2 is 1.79 bits per heavy atom. The van der Waals surface area contributed by atoms with Crippen LogP contribution in [0.1, 0.15) is 42.5 Å². The first-order valence-electron chi connectivity index (χ1n) is 12.0. The van der Waals surface area contributed by atoms with E-state index in [4.69, 9.17) is 14.5 Å². The van der Waals surface area contributed by atoms with Gasteiger partial charge >= 0.3 is 0 Å². The highest BCUT2D eigenvalue weighted by Crippen LogP contribution is 2.34. The van der Waals surface area contributed by atoms with Crippen LogP contribution in [0.4, 0.5) is 5.82 Å². The van der Waals surface area contributed by atoms with Crippen molar-refractivity contribution in [1.29, 1.82) is 0 Å². The molecule has 0 unspecified atom stereocenters. The normalized spacial score (nSPS) is 17.6. The molecule has 4 rings (SSSR count). The summed E-state index contributed by atoms with van der Waals surface area (Å²) in [7, 11) is 5.42. The van der Waals surface area contributed by atoms with Crippen LogP contribution >= 0.6 is 0 Å². The van der Waals surface area contributed by atoms with Crippen molar-refractivity contribution in [2.75, 3.05) is 58.9 Å². The van der Waals surface area contributed by atoms with Gasteiger partial charge in [-0.15, -0.1) is 0 Å². The van der Waals surface area contributed by atoms with Gasteiger partial charge in [-0.3, -0.25) is 4.79 Å². The van der Waals surface area contributed by atoms with Gasteiger partial charge in [-0.2, -0.15) is 0 Å². The van der Waals surface area contributed by atoms with Gasteiger partial charge in [0.15, 0.2) is 0 Å². The minimum atomic E-state index is -0.0360. The second kappa shape index (κ2) is 10.9. The van der Waals surface area contributed by atoms with Crippen LogP contribution in [0.25, 0.3) is 11.3 Å². The van der Waals surface area contributed by atoms with Crippen molar-refractivity contribution in [3.63, 3.8) is 0 Å². The minimum absolute atomic E-state index is 0.0360. The molecular weight excluding hydrogens is 416 g/mol. The molecule has 0 radical (unpaired) electrons. The topological polar surface area (TPSA) is 66.9 Å². The molecule has 2 heterocycles. The largest absolute Gasteiger partial charge is 0.497 e. The summed E-state index contributed by atoms with van der Waals surface area (Å²) < 4.78 is 11.0. The van der Waals surface area contributed by atoms with Crippen molar-refractivity contribution in [2.24, 2.45) is 5.92 Å². The average molecular weight is 453 g/mol. The van der Waals surface area contributed by atoms with Crippen molar-refractivity contribution in [1.82, 2.24) is 15.2 Å². The summed E-state index contributed by atoms with van der Waals surface area (Å²) in [5, 5.41) is 3.20. The van der Waals surface area contributed by atoms with Crippen LogP contribution in [-0.4, -0.2) is 69.8 Å². The van der Waals surface area contributed by atoms with E-state index in [2.05, 4.69) is 22.2 Å². The maximum atomic E-state index is 13.3. The number of piperazine rings is 1. The van der Waals surface area contributed by atoms with Gasteiger partial charge in [0.25, 0.3) is 5.91 Å². The third-order valence-corrected chi connectivity index (χ3v) is 6.88. The zero-order chi connectivity index (χ0) is 23.2. The predicted octanol–water partition coefficient (Wildman–Crippen LogP) is 3.83. The van der Waals surface area contributed by atoms with Crippen LogP contribution in [-0.2, 0) is 0 Å². The number of pyridine rings is 1. The third-order valence-electron chi connectivity index (χ3n) is 6.88. The molecule has 0 atom stereocenters. The molecule has 1 amide bonds. The number of aromatic nitrogens is 1. The smallest absolute Gasteiger partial charge is 0.255 e. The van der Waals surface area contributed by atoms with Crippen molar-refractivity contribution in [2.45, 2.75) is 32.1 Å². The van der Waals surface area contributed by atoms with E-state index in [1.165, 1.54) is 32.1 Å². The summed E-state index contributed by atoms with van der Waals surface area (Å²) in [5.74, 6) is 2.76. The summed E-state index contributed by atoms with van der Waals surface area (Å²) in [6.07, 6.45) is 6.27. The number of nitrogens with one attached hydrogen (secondary N) is 1. The Labute approximate surface area is 197 Å². The van der Waals surface area contributed by atoms with Crippen LogP contribution in [0.15, 0.2) is 30.3 Å². The summed E-state index contributed by atoms with van der Waals surface area (Å²) >= 11 is 0. The zero-order valence-electron chi connectivity index (χ0n) is 20.1. The van der Waals surface area contributed by atoms with E-state index in [0.29, 0.717) is 11.5 Å². The molecule has 0 spiro atoms. The quantitative estimate of drug-likeness (QED) is 0.689. The van der Waals surface area contributed by atoms with E-state index in [-0.39, 0.29) is 5.91 Å². The number of carbonyl (C=O) groups is 1. The van der Waals surface area contributed by atoms with Crippen LogP contribution in [0.2, 0.25) is 0 Å². The number of hydrogen-bond donors (Lipinski definition) is 1. The molecule has 7 nitrogen and oxygen atoms in total. The lowest BCUT2D eigenvalue weighted by Crippen LogP contribution is -2.45. The number of benzene rings is 1. The fourth-order valence-corrected chi connectivity index (χ4v) is 4.77. The predicted molar refractivity (Wildman–Crippen MR) is 131 cm³/mol. The summed E-state index contributed by atoms with van der Waals surface area (Å²) in [4.78, 5) is 22.8. The Kier molecular flexibility index (Phi) is 7.70. The number of anilines is 1. The standard InChI is InChI=1S/C26H36N4O3/c1-29-13-15-30(16-14-29)25-21(26(31)27-18-19-7-5-4-6-8-19)10-11-23(28-25)22-17-20(32-2)9-12-24(22)33-3/h9-12,17,19H,4-8,13-16,18H2,1-3H3,(H,27,31). The van der Waals surface area contributed by atoms with Crippen LogP contribution in [0.3, 0.4) is 0 Å². The summed E-state index contributed by atoms with van der Waals surface area (Å²) in [6.45, 7) is 4.30. The van der Waals surface area contributed by atoms with Crippen LogP contribution in [0, 0.1) is 5.92 Å². The van der Waals surface area contributed by atoms with Crippen LogP contribution in [0.5, 0.6) is 11.5 Å². The molecule has 0 bridgehead atoms. The number of hydrogen-bond acceptors (Lipinski definition) is 6. The number of methoxy groups -OCH3 is 2. The number of nitrogens with zero attached hydrogens (tertiary/aromatic N) is 3. The lowest BCUT2D eigenvalue weighted by atomic mass is 9.89. The molecule has 1 saturated carbocycles. The van der Waals surface area contributed by atoms with Gasteiger partial charge in [0.2, 0.25) is 0 Å². The van der Waals surface area contributed by atoms with E-state index < -0.39 is 0 Å². The van der Waals surface area contributed by atoms with Crippen molar-refractivity contribution < 1.29 is 14.3 Å². The molecule has 1 aliphatic carbocycles. The maximum absolute atomic E-state index is 13.3. The van der Waals surface area contributed by atoms with E-state index in [9.17, 15) is 4.79 Å². The van der Waals surface area contributed by atoms with Crippen molar-refractivity contribution in [3.8, 4) is 22.8 Å². The number of carbonyl (C=O) groups excluding carboxylic acids is 1. The zero-order valence-corrected chi connectivity index (χ0v) is 20.1. The molecule has 1 aromatic carbocycles. The molecule has 1 N–H and O–H groups in total. The van der Waals surface area contributed by atoms with Gasteiger partial charge in [0.1, 0.15) is 17.3 Å². The Bertz CT molecular complexity index is 951. The highest BCUT2D eigenvalue weighted by atomic mass is 16.5. The molecule has 2 fully saturated rings. The van der Waals surface area contributed by atoms with Gasteiger partial charge in [0, 0.05) is 38.3 Å². The molecule has 1 aromatic heterocycles. The highest BCUT2D eigenvalue weighted by Gasteiger charge is 2.24. The average Bonchev–Trinajstić information content (AvgIpc) is 2.87. The molecule has 1 saturated heterocycles. The van der Waals surface area contributed by atoms with Gasteiger partial charge < -0.3 is 24.6 Å². The number of amides is 1. The third kappa shape index (κ3) is 5.58. The first-order valence-corrected chi connectivity index (χ1v) is 12.0. The van der Waals surface area contributed by atoms with Crippen molar-refractivity contribution >= 4 is 11.7 Å². The fourth-order valence-electron chi connectivity index (χ4n) is 4.77. The van der Waals surface area contributed by atoms with Gasteiger partial charge in [0.05, 0.1) is 25.5 Å². The second-order valence-corrected chi connectivity index (χ2v) is 9.14. The van der Waals surface area contributed by atoms with E-state index in [1.807, 2.05) is 30.3 Å². The molecule has 1 aliphatic heterocycles. The van der Waals surface area contributed by atoms with Crippen molar-refractivity contribution in [3.05, 3.63) is 35.9 Å². The van der Waals surface area contributed by atoms with E-state index >= 15 is 0 Å². The molecule has 2 aliphatic rings. The van der Waals surface area contributed by atoms with E-state index in [1.54, 1.807) is 14.2 Å². The maximum Gasteiger partial charge on any atom is 0.255 e. The van der Waals surface area contributed by atoms with Gasteiger partial charge in [-0.25, -0.2) is 4.98 Å². The Balaban J connectivity index is 1.64.